The third-order valence-electron chi connectivity index (χ3n) is 4.52. The number of fused-ring (bicyclic) bond motifs is 1. The average molecular weight is 429 g/mol. The van der Waals surface area contributed by atoms with Gasteiger partial charge in [-0.15, -0.1) is 11.8 Å². The van der Waals surface area contributed by atoms with E-state index in [1.165, 1.54) is 53.2 Å². The van der Waals surface area contributed by atoms with Crippen molar-refractivity contribution in [2.45, 2.75) is 16.3 Å². The molecule has 9 heteroatoms. The number of aromatic nitrogens is 1. The van der Waals surface area contributed by atoms with Crippen molar-refractivity contribution in [1.29, 1.82) is 0 Å². The summed E-state index contributed by atoms with van der Waals surface area (Å²) in [6.07, 6.45) is 3.33. The van der Waals surface area contributed by atoms with Gasteiger partial charge in [0.2, 0.25) is 0 Å². The van der Waals surface area contributed by atoms with Gasteiger partial charge in [-0.2, -0.15) is 0 Å². The van der Waals surface area contributed by atoms with Crippen molar-refractivity contribution < 1.29 is 17.6 Å². The van der Waals surface area contributed by atoms with Crippen molar-refractivity contribution in [2.24, 2.45) is 0 Å². The molecule has 1 aromatic heterocycles. The van der Waals surface area contributed by atoms with Crippen LogP contribution in [0.15, 0.2) is 76.7 Å². The number of amides is 2. The Morgan fingerprint density at radius 3 is 2.62 bits per heavy atom. The smallest absolute Gasteiger partial charge is 0.246 e. The lowest BCUT2D eigenvalue weighted by Gasteiger charge is -2.35. The van der Waals surface area contributed by atoms with Crippen LogP contribution in [0, 0.1) is 5.82 Å². The fraction of sp³-hybridized carbons (Fsp3) is 0.100. The summed E-state index contributed by atoms with van der Waals surface area (Å²) in [7, 11) is -4.20. The zero-order chi connectivity index (χ0) is 20.6. The van der Waals surface area contributed by atoms with Gasteiger partial charge in [0.25, 0.3) is 10.0 Å². The SMILES string of the molecule is CSc1cccc(N2C(=O)N(Cc3ccccc3F)S(=O)(=O)c3cccnc32)c1. The average Bonchev–Trinajstić information content (AvgIpc) is 2.73. The maximum atomic E-state index is 14.2. The van der Waals surface area contributed by atoms with Crippen molar-refractivity contribution in [3.05, 3.63) is 78.2 Å². The van der Waals surface area contributed by atoms with E-state index in [2.05, 4.69) is 4.98 Å². The minimum absolute atomic E-state index is 0.0283. The molecule has 0 radical (unpaired) electrons. The van der Waals surface area contributed by atoms with Gasteiger partial charge in [-0.25, -0.2) is 31.8 Å². The molecule has 0 saturated heterocycles. The van der Waals surface area contributed by atoms with Crippen LogP contribution in [-0.4, -0.2) is 30.0 Å². The molecular weight excluding hydrogens is 413 g/mol. The molecule has 2 amide bonds. The van der Waals surface area contributed by atoms with E-state index in [9.17, 15) is 17.6 Å². The summed E-state index contributed by atoms with van der Waals surface area (Å²) < 4.78 is 41.1. The van der Waals surface area contributed by atoms with Gasteiger partial charge < -0.3 is 0 Å². The number of thioether (sulfide) groups is 1. The number of anilines is 2. The van der Waals surface area contributed by atoms with E-state index >= 15 is 0 Å². The number of nitrogens with zero attached hydrogens (tertiary/aromatic N) is 3. The normalized spacial score (nSPS) is 15.3. The van der Waals surface area contributed by atoms with Crippen LogP contribution >= 0.6 is 11.8 Å². The number of urea groups is 1. The lowest BCUT2D eigenvalue weighted by molar-refractivity contribution is 0.228. The maximum Gasteiger partial charge on any atom is 0.344 e. The molecule has 29 heavy (non-hydrogen) atoms. The molecule has 2 aromatic carbocycles. The molecule has 6 nitrogen and oxygen atoms in total. The third kappa shape index (κ3) is 3.36. The molecule has 0 fully saturated rings. The Bertz CT molecular complexity index is 1200. The predicted octanol–water partition coefficient (Wildman–Crippen LogP) is 4.41. The Balaban J connectivity index is 1.88. The maximum absolute atomic E-state index is 14.2. The minimum atomic E-state index is -4.20. The summed E-state index contributed by atoms with van der Waals surface area (Å²) in [6, 6.07) is 15.0. The number of carbonyl (C=O) groups excluding carboxylic acids is 1. The highest BCUT2D eigenvalue weighted by atomic mass is 32.2. The van der Waals surface area contributed by atoms with Crippen LogP contribution < -0.4 is 4.90 Å². The minimum Gasteiger partial charge on any atom is -0.246 e. The second-order valence-electron chi connectivity index (χ2n) is 6.25. The van der Waals surface area contributed by atoms with Crippen molar-refractivity contribution in [3.63, 3.8) is 0 Å². The topological polar surface area (TPSA) is 70.6 Å². The molecule has 4 rings (SSSR count). The van der Waals surface area contributed by atoms with E-state index < -0.39 is 28.4 Å². The van der Waals surface area contributed by atoms with Gasteiger partial charge in [0.05, 0.1) is 12.2 Å². The number of sulfonamides is 1. The van der Waals surface area contributed by atoms with Gasteiger partial charge in [-0.3, -0.25) is 0 Å². The second kappa shape index (κ2) is 7.49. The van der Waals surface area contributed by atoms with Gasteiger partial charge in [0.15, 0.2) is 5.82 Å². The molecule has 0 atom stereocenters. The zero-order valence-electron chi connectivity index (χ0n) is 15.3. The molecule has 0 saturated carbocycles. The molecule has 3 aromatic rings. The lowest BCUT2D eigenvalue weighted by atomic mass is 10.2. The number of hydrogen-bond donors (Lipinski definition) is 0. The number of carbonyl (C=O) groups is 1. The summed E-state index contributed by atoms with van der Waals surface area (Å²) in [5, 5.41) is 0. The Morgan fingerprint density at radius 1 is 1.07 bits per heavy atom. The molecule has 0 spiro atoms. The molecular formula is C20H16FN3O3S2. The van der Waals surface area contributed by atoms with Crippen molar-refractivity contribution in [2.75, 3.05) is 11.2 Å². The highest BCUT2D eigenvalue weighted by Gasteiger charge is 2.43. The summed E-state index contributed by atoms with van der Waals surface area (Å²) >= 11 is 1.49. The van der Waals surface area contributed by atoms with E-state index in [0.717, 1.165) is 4.90 Å². The second-order valence-corrected chi connectivity index (χ2v) is 8.96. The van der Waals surface area contributed by atoms with Crippen LogP contribution in [0.5, 0.6) is 0 Å². The fourth-order valence-electron chi connectivity index (χ4n) is 3.09. The van der Waals surface area contributed by atoms with E-state index in [1.807, 2.05) is 12.3 Å². The third-order valence-corrected chi connectivity index (χ3v) is 6.98. The number of rotatable bonds is 4. The number of benzene rings is 2. The monoisotopic (exact) mass is 429 g/mol. The van der Waals surface area contributed by atoms with Crippen LogP contribution in [0.25, 0.3) is 0 Å². The van der Waals surface area contributed by atoms with Gasteiger partial charge >= 0.3 is 6.03 Å². The largest absolute Gasteiger partial charge is 0.344 e. The molecule has 0 aliphatic carbocycles. The first kappa shape index (κ1) is 19.4. The van der Waals surface area contributed by atoms with Crippen LogP contribution in [0.3, 0.4) is 0 Å². The Kier molecular flexibility index (Phi) is 5.01. The highest BCUT2D eigenvalue weighted by Crippen LogP contribution is 2.39. The Labute approximate surface area is 172 Å². The summed E-state index contributed by atoms with van der Waals surface area (Å²) in [6.45, 7) is -0.416. The quantitative estimate of drug-likeness (QED) is 0.575. The van der Waals surface area contributed by atoms with E-state index in [1.54, 1.807) is 24.3 Å². The van der Waals surface area contributed by atoms with Crippen LogP contribution in [0.1, 0.15) is 5.56 Å². The molecule has 1 aliphatic rings. The van der Waals surface area contributed by atoms with Crippen molar-refractivity contribution >= 4 is 39.3 Å². The molecule has 0 N–H and O–H groups in total. The number of hydrogen-bond acceptors (Lipinski definition) is 5. The van der Waals surface area contributed by atoms with E-state index in [4.69, 9.17) is 0 Å². The number of pyridine rings is 1. The van der Waals surface area contributed by atoms with Gasteiger partial charge in [-0.1, -0.05) is 24.3 Å². The standard InChI is InChI=1S/C20H16FN3O3S2/c1-28-16-8-4-7-15(12-16)24-19-18(10-5-11-22-19)29(26,27)23(20(24)25)13-14-6-2-3-9-17(14)21/h2-12H,13H2,1H3. The van der Waals surface area contributed by atoms with Crippen molar-refractivity contribution in [1.82, 2.24) is 9.29 Å². The highest BCUT2D eigenvalue weighted by molar-refractivity contribution is 7.98. The number of halogens is 1. The van der Waals surface area contributed by atoms with Crippen LogP contribution in [0.2, 0.25) is 0 Å². The summed E-state index contributed by atoms with van der Waals surface area (Å²) in [4.78, 5) is 19.5. The summed E-state index contributed by atoms with van der Waals surface area (Å²) in [5.41, 5.74) is 0.588. The van der Waals surface area contributed by atoms with Gasteiger partial charge in [-0.05, 0) is 42.7 Å². The molecule has 0 unspecified atom stereocenters. The summed E-state index contributed by atoms with van der Waals surface area (Å²) in [5.74, 6) is -0.552. The Morgan fingerprint density at radius 2 is 1.86 bits per heavy atom. The Hall–Kier alpha value is -2.91. The molecule has 1 aliphatic heterocycles. The predicted molar refractivity (Wildman–Crippen MR) is 109 cm³/mol. The first-order chi connectivity index (χ1) is 13.9. The van der Waals surface area contributed by atoms with E-state index in [0.29, 0.717) is 9.99 Å². The van der Waals surface area contributed by atoms with Crippen LogP contribution in [-0.2, 0) is 16.6 Å². The van der Waals surface area contributed by atoms with Gasteiger partial charge in [0, 0.05) is 16.7 Å². The zero-order valence-corrected chi connectivity index (χ0v) is 17.0. The van der Waals surface area contributed by atoms with Crippen molar-refractivity contribution in [3.8, 4) is 0 Å². The van der Waals surface area contributed by atoms with E-state index in [-0.39, 0.29) is 16.3 Å². The molecule has 148 valence electrons. The van der Waals surface area contributed by atoms with Gasteiger partial charge in [0.1, 0.15) is 10.7 Å². The first-order valence-corrected chi connectivity index (χ1v) is 11.3. The van der Waals surface area contributed by atoms with Crippen LogP contribution in [0.4, 0.5) is 20.7 Å². The molecule has 2 heterocycles. The first-order valence-electron chi connectivity index (χ1n) is 8.63. The fourth-order valence-corrected chi connectivity index (χ4v) is 5.00. The lowest BCUT2D eigenvalue weighted by Crippen LogP contribution is -2.48. The molecule has 0 bridgehead atoms.